The van der Waals surface area contributed by atoms with Gasteiger partial charge in [-0.3, -0.25) is 10.1 Å². The van der Waals surface area contributed by atoms with Gasteiger partial charge in [-0.1, -0.05) is 0 Å². The Morgan fingerprint density at radius 1 is 1.34 bits per heavy atom. The summed E-state index contributed by atoms with van der Waals surface area (Å²) in [6, 6.07) is 0. The van der Waals surface area contributed by atoms with Crippen LogP contribution in [-0.4, -0.2) is 85.6 Å². The van der Waals surface area contributed by atoms with E-state index in [1.165, 1.54) is 0 Å². The second kappa shape index (κ2) is 10.9. The molecule has 2 fully saturated rings. The molecule has 0 bridgehead atoms. The zero-order valence-corrected chi connectivity index (χ0v) is 18.0. The molecular formula is C18H33N7O3S. The number of hydrogen-bond donors (Lipinski definition) is 3. The molecule has 2 aliphatic heterocycles. The van der Waals surface area contributed by atoms with Gasteiger partial charge in [-0.25, -0.2) is 18.1 Å². The van der Waals surface area contributed by atoms with Crippen LogP contribution in [0.2, 0.25) is 0 Å². The summed E-state index contributed by atoms with van der Waals surface area (Å²) in [5.74, 6) is 2.06. The fourth-order valence-corrected chi connectivity index (χ4v) is 4.65. The van der Waals surface area contributed by atoms with Crippen LogP contribution in [0.1, 0.15) is 50.8 Å². The van der Waals surface area contributed by atoms with E-state index in [1.807, 2.05) is 6.92 Å². The maximum atomic E-state index is 12.3. The summed E-state index contributed by atoms with van der Waals surface area (Å²) in [6.45, 7) is 5.74. The highest BCUT2D eigenvalue weighted by Gasteiger charge is 2.24. The molecule has 10 nitrogen and oxygen atoms in total. The van der Waals surface area contributed by atoms with Gasteiger partial charge in [-0.2, -0.15) is 5.10 Å². The number of hydrogen-bond acceptors (Lipinski definition) is 6. The minimum Gasteiger partial charge on any atom is -0.377 e. The number of sulfonamides is 1. The summed E-state index contributed by atoms with van der Waals surface area (Å²) in [5, 5.41) is 10.2. The van der Waals surface area contributed by atoms with E-state index in [1.54, 1.807) is 6.33 Å². The van der Waals surface area contributed by atoms with Gasteiger partial charge in [0.25, 0.3) is 0 Å². The molecule has 3 N–H and O–H groups in total. The van der Waals surface area contributed by atoms with E-state index in [4.69, 9.17) is 4.74 Å². The van der Waals surface area contributed by atoms with Crippen LogP contribution in [0.4, 0.5) is 0 Å². The lowest BCUT2D eigenvalue weighted by molar-refractivity contribution is 0.0200. The molecule has 3 rings (SSSR count). The van der Waals surface area contributed by atoms with Gasteiger partial charge in [-0.15, -0.1) is 0 Å². The van der Waals surface area contributed by atoms with Crippen LogP contribution in [0.25, 0.3) is 0 Å². The van der Waals surface area contributed by atoms with Crippen molar-refractivity contribution in [1.29, 1.82) is 0 Å². The predicted molar refractivity (Wildman–Crippen MR) is 111 cm³/mol. The number of aliphatic imine (C=N–C) groups is 1. The van der Waals surface area contributed by atoms with Gasteiger partial charge >= 0.3 is 0 Å². The smallest absolute Gasteiger partial charge is 0.213 e. The van der Waals surface area contributed by atoms with E-state index in [9.17, 15) is 8.42 Å². The number of rotatable bonds is 8. The Morgan fingerprint density at radius 3 is 2.83 bits per heavy atom. The minimum absolute atomic E-state index is 0.00926. The van der Waals surface area contributed by atoms with Gasteiger partial charge in [0.05, 0.1) is 18.4 Å². The van der Waals surface area contributed by atoms with E-state index in [0.29, 0.717) is 12.5 Å². The number of H-pyrrole nitrogens is 1. The summed E-state index contributed by atoms with van der Waals surface area (Å²) < 4.78 is 32.8. The molecule has 164 valence electrons. The third kappa shape index (κ3) is 6.93. The summed E-state index contributed by atoms with van der Waals surface area (Å²) in [7, 11) is -3.36. The van der Waals surface area contributed by atoms with E-state index in [2.05, 4.69) is 35.1 Å². The Morgan fingerprint density at radius 2 is 2.17 bits per heavy atom. The fourth-order valence-electron chi connectivity index (χ4n) is 3.73. The van der Waals surface area contributed by atoms with Crippen molar-refractivity contribution in [1.82, 2.24) is 30.1 Å². The van der Waals surface area contributed by atoms with Crippen molar-refractivity contribution in [3.05, 3.63) is 12.2 Å². The number of piperidine rings is 1. The molecular weight excluding hydrogens is 394 g/mol. The van der Waals surface area contributed by atoms with Crippen molar-refractivity contribution in [2.75, 3.05) is 45.1 Å². The normalized spacial score (nSPS) is 22.0. The molecule has 0 spiro atoms. The zero-order chi connectivity index (χ0) is 20.5. The highest BCUT2D eigenvalue weighted by Crippen LogP contribution is 2.24. The first-order valence-corrected chi connectivity index (χ1v) is 12.2. The van der Waals surface area contributed by atoms with Crippen LogP contribution in [0.3, 0.4) is 0 Å². The number of aromatic nitrogens is 3. The lowest BCUT2D eigenvalue weighted by atomic mass is 9.96. The van der Waals surface area contributed by atoms with Crippen molar-refractivity contribution < 1.29 is 13.2 Å². The maximum absolute atomic E-state index is 12.3. The zero-order valence-electron chi connectivity index (χ0n) is 17.1. The molecule has 0 aromatic carbocycles. The number of ether oxygens (including phenoxy) is 1. The summed E-state index contributed by atoms with van der Waals surface area (Å²) >= 11 is 0. The molecule has 1 unspecified atom stereocenters. The Hall–Kier alpha value is -1.72. The van der Waals surface area contributed by atoms with Crippen molar-refractivity contribution in [2.45, 2.75) is 51.0 Å². The van der Waals surface area contributed by atoms with Gasteiger partial charge in [0, 0.05) is 38.7 Å². The predicted octanol–water partition coefficient (Wildman–Crippen LogP) is 0.438. The van der Waals surface area contributed by atoms with Crippen molar-refractivity contribution in [3.8, 4) is 0 Å². The number of guanidine groups is 1. The molecule has 0 aliphatic carbocycles. The van der Waals surface area contributed by atoms with E-state index >= 15 is 0 Å². The largest absolute Gasteiger partial charge is 0.377 e. The molecule has 0 saturated carbocycles. The first-order valence-electron chi connectivity index (χ1n) is 10.5. The van der Waals surface area contributed by atoms with Crippen LogP contribution in [-0.2, 0) is 14.8 Å². The minimum atomic E-state index is -3.36. The van der Waals surface area contributed by atoms with E-state index < -0.39 is 10.0 Å². The molecule has 11 heteroatoms. The topological polar surface area (TPSA) is 125 Å². The Kier molecular flexibility index (Phi) is 8.25. The molecule has 1 atom stereocenters. The Labute approximate surface area is 173 Å². The van der Waals surface area contributed by atoms with Crippen molar-refractivity contribution >= 4 is 16.0 Å². The Bertz CT molecular complexity index is 725. The lowest BCUT2D eigenvalue weighted by Crippen LogP contribution is -2.45. The average Bonchev–Trinajstić information content (AvgIpc) is 3.28. The molecule has 2 aliphatic rings. The first-order chi connectivity index (χ1) is 14.1. The number of nitrogens with one attached hydrogen (secondary N) is 3. The summed E-state index contributed by atoms with van der Waals surface area (Å²) in [6.07, 6.45) is 6.51. The second-order valence-electron chi connectivity index (χ2n) is 7.52. The van der Waals surface area contributed by atoms with Gasteiger partial charge in [0.1, 0.15) is 12.2 Å². The number of likely N-dealkylation sites (tertiary alicyclic amines) is 1. The molecule has 1 aromatic heterocycles. The summed E-state index contributed by atoms with van der Waals surface area (Å²) in [5.41, 5.74) is 0. The van der Waals surface area contributed by atoms with Crippen LogP contribution in [0.15, 0.2) is 11.3 Å². The number of aromatic amines is 1. The van der Waals surface area contributed by atoms with Crippen molar-refractivity contribution in [2.24, 2.45) is 4.99 Å². The second-order valence-corrected chi connectivity index (χ2v) is 9.45. The highest BCUT2D eigenvalue weighted by atomic mass is 32.2. The molecule has 29 heavy (non-hydrogen) atoms. The molecule has 3 heterocycles. The molecule has 2 saturated heterocycles. The van der Waals surface area contributed by atoms with Crippen LogP contribution in [0, 0.1) is 0 Å². The van der Waals surface area contributed by atoms with E-state index in [-0.39, 0.29) is 18.4 Å². The van der Waals surface area contributed by atoms with Gasteiger partial charge < -0.3 is 15.0 Å². The SMILES string of the molecule is CCNC(=NCCS(=O)(=O)NCC1CCCCO1)N1CCC(c2ncn[nH]2)CC1. The first kappa shape index (κ1) is 22.0. The Balaban J connectivity index is 1.46. The monoisotopic (exact) mass is 427 g/mol. The standard InChI is InChI=1S/C18H33N7O3S/c1-2-19-18(25-9-6-15(7-10-25)17-21-14-22-24-17)20-8-12-29(26,27)23-13-16-5-3-4-11-28-16/h14-16,23H,2-13H2,1H3,(H,19,20)(H,21,22,24). The highest BCUT2D eigenvalue weighted by molar-refractivity contribution is 7.89. The van der Waals surface area contributed by atoms with Crippen LogP contribution in [0.5, 0.6) is 0 Å². The third-order valence-electron chi connectivity index (χ3n) is 5.38. The quantitative estimate of drug-likeness (QED) is 0.406. The van der Waals surface area contributed by atoms with Crippen molar-refractivity contribution in [3.63, 3.8) is 0 Å². The molecule has 0 amide bonds. The van der Waals surface area contributed by atoms with Gasteiger partial charge in [0.15, 0.2) is 5.96 Å². The van der Waals surface area contributed by atoms with Gasteiger partial charge in [-0.05, 0) is 39.0 Å². The van der Waals surface area contributed by atoms with Crippen LogP contribution < -0.4 is 10.0 Å². The molecule has 0 radical (unpaired) electrons. The lowest BCUT2D eigenvalue weighted by Gasteiger charge is -2.33. The average molecular weight is 428 g/mol. The fraction of sp³-hybridized carbons (Fsp3) is 0.833. The molecule has 1 aromatic rings. The third-order valence-corrected chi connectivity index (χ3v) is 6.70. The van der Waals surface area contributed by atoms with Crippen LogP contribution >= 0.6 is 0 Å². The maximum Gasteiger partial charge on any atom is 0.213 e. The number of nitrogens with zero attached hydrogens (tertiary/aromatic N) is 4. The van der Waals surface area contributed by atoms with Gasteiger partial charge in [0.2, 0.25) is 10.0 Å². The van der Waals surface area contributed by atoms with E-state index in [0.717, 1.165) is 70.1 Å². The summed E-state index contributed by atoms with van der Waals surface area (Å²) in [4.78, 5) is 11.0.